The highest BCUT2D eigenvalue weighted by atomic mass is 16.5. The highest BCUT2D eigenvalue weighted by Gasteiger charge is 2.21. The van der Waals surface area contributed by atoms with Crippen molar-refractivity contribution in [3.05, 3.63) is 29.8 Å². The number of methoxy groups -OCH3 is 1. The molecule has 2 rings (SSSR count). The average molecular weight is 333 g/mol. The van der Waals surface area contributed by atoms with E-state index in [4.69, 9.17) is 0 Å². The molecule has 0 radical (unpaired) electrons. The molecule has 0 bridgehead atoms. The van der Waals surface area contributed by atoms with Gasteiger partial charge in [-0.1, -0.05) is 6.07 Å². The number of amides is 2. The van der Waals surface area contributed by atoms with E-state index >= 15 is 0 Å². The van der Waals surface area contributed by atoms with Gasteiger partial charge >= 0.3 is 5.97 Å². The van der Waals surface area contributed by atoms with Crippen LogP contribution in [-0.2, 0) is 14.3 Å². The van der Waals surface area contributed by atoms with Crippen molar-refractivity contribution < 1.29 is 19.1 Å². The van der Waals surface area contributed by atoms with Gasteiger partial charge in [0.1, 0.15) is 0 Å². The number of piperazine rings is 1. The number of nitrogens with one attached hydrogen (secondary N) is 1. The number of esters is 1. The summed E-state index contributed by atoms with van der Waals surface area (Å²) in [5.74, 6) is -0.276. The number of nitrogens with zero attached hydrogens (tertiary/aromatic N) is 2. The van der Waals surface area contributed by atoms with Gasteiger partial charge in [-0.15, -0.1) is 0 Å². The maximum absolute atomic E-state index is 12.2. The Kier molecular flexibility index (Phi) is 6.17. The van der Waals surface area contributed by atoms with E-state index in [1.807, 2.05) is 6.07 Å². The van der Waals surface area contributed by atoms with Gasteiger partial charge in [0.15, 0.2) is 0 Å². The van der Waals surface area contributed by atoms with Gasteiger partial charge in [-0.2, -0.15) is 0 Å². The van der Waals surface area contributed by atoms with Gasteiger partial charge in [-0.25, -0.2) is 4.79 Å². The minimum Gasteiger partial charge on any atom is -0.465 e. The highest BCUT2D eigenvalue weighted by Crippen LogP contribution is 2.12. The zero-order valence-electron chi connectivity index (χ0n) is 14.1. The fourth-order valence-electron chi connectivity index (χ4n) is 2.62. The SMILES string of the molecule is COC(=O)c1cccc(NCCC(=O)N2CCN(C(C)=O)CC2)c1. The molecule has 0 spiro atoms. The number of carbonyl (C=O) groups is 3. The molecule has 0 atom stereocenters. The zero-order chi connectivity index (χ0) is 17.5. The molecule has 130 valence electrons. The minimum absolute atomic E-state index is 0.0502. The normalized spacial score (nSPS) is 14.2. The molecular formula is C17H23N3O4. The molecule has 7 nitrogen and oxygen atoms in total. The van der Waals surface area contributed by atoms with E-state index in [1.54, 1.807) is 34.9 Å². The Hall–Kier alpha value is -2.57. The molecule has 1 saturated heterocycles. The number of benzene rings is 1. The zero-order valence-corrected chi connectivity index (χ0v) is 14.1. The molecule has 1 heterocycles. The molecule has 1 aromatic carbocycles. The first kappa shape index (κ1) is 17.8. The van der Waals surface area contributed by atoms with E-state index in [0.717, 1.165) is 5.69 Å². The Morgan fingerprint density at radius 3 is 2.42 bits per heavy atom. The third-order valence-electron chi connectivity index (χ3n) is 4.03. The first-order chi connectivity index (χ1) is 11.5. The number of ether oxygens (including phenoxy) is 1. The molecule has 0 saturated carbocycles. The number of carbonyl (C=O) groups excluding carboxylic acids is 3. The minimum atomic E-state index is -0.391. The summed E-state index contributed by atoms with van der Waals surface area (Å²) in [6, 6.07) is 6.97. The summed E-state index contributed by atoms with van der Waals surface area (Å²) >= 11 is 0. The van der Waals surface area contributed by atoms with Crippen LogP contribution in [0, 0.1) is 0 Å². The summed E-state index contributed by atoms with van der Waals surface area (Å²) in [7, 11) is 1.34. The lowest BCUT2D eigenvalue weighted by Gasteiger charge is -2.34. The molecular weight excluding hydrogens is 310 g/mol. The smallest absolute Gasteiger partial charge is 0.337 e. The van der Waals surface area contributed by atoms with Gasteiger partial charge in [-0.05, 0) is 18.2 Å². The van der Waals surface area contributed by atoms with Crippen molar-refractivity contribution in [1.29, 1.82) is 0 Å². The van der Waals surface area contributed by atoms with Gasteiger partial charge in [-0.3, -0.25) is 9.59 Å². The quantitative estimate of drug-likeness (QED) is 0.812. The number of rotatable bonds is 5. The summed E-state index contributed by atoms with van der Waals surface area (Å²) in [5.41, 5.74) is 1.24. The van der Waals surface area contributed by atoms with E-state index in [1.165, 1.54) is 7.11 Å². The van der Waals surface area contributed by atoms with E-state index in [2.05, 4.69) is 10.1 Å². The molecule has 2 amide bonds. The summed E-state index contributed by atoms with van der Waals surface area (Å²) in [4.78, 5) is 38.5. The Bertz CT molecular complexity index is 610. The fraction of sp³-hybridized carbons (Fsp3) is 0.471. The van der Waals surface area contributed by atoms with Gasteiger partial charge in [0, 0.05) is 51.8 Å². The molecule has 1 N–H and O–H groups in total. The number of anilines is 1. The predicted molar refractivity (Wildman–Crippen MR) is 89.7 cm³/mol. The first-order valence-electron chi connectivity index (χ1n) is 7.97. The van der Waals surface area contributed by atoms with Gasteiger partial charge in [0.25, 0.3) is 0 Å². The summed E-state index contributed by atoms with van der Waals surface area (Å²) in [6.07, 6.45) is 0.364. The van der Waals surface area contributed by atoms with Crippen LogP contribution in [0.4, 0.5) is 5.69 Å². The van der Waals surface area contributed by atoms with E-state index < -0.39 is 5.97 Å². The van der Waals surface area contributed by atoms with Crippen LogP contribution in [0.15, 0.2) is 24.3 Å². The van der Waals surface area contributed by atoms with Crippen LogP contribution in [0.25, 0.3) is 0 Å². The van der Waals surface area contributed by atoms with Crippen LogP contribution in [-0.4, -0.2) is 67.4 Å². The molecule has 1 aliphatic heterocycles. The average Bonchev–Trinajstić information content (AvgIpc) is 2.61. The molecule has 1 aliphatic rings. The third kappa shape index (κ3) is 4.71. The van der Waals surface area contributed by atoms with Crippen molar-refractivity contribution in [2.45, 2.75) is 13.3 Å². The highest BCUT2D eigenvalue weighted by molar-refractivity contribution is 5.90. The van der Waals surface area contributed by atoms with Crippen LogP contribution in [0.3, 0.4) is 0 Å². The summed E-state index contributed by atoms with van der Waals surface area (Å²) in [5, 5.41) is 3.14. The van der Waals surface area contributed by atoms with Crippen molar-refractivity contribution in [3.8, 4) is 0 Å². The maximum Gasteiger partial charge on any atom is 0.337 e. The van der Waals surface area contributed by atoms with E-state index in [0.29, 0.717) is 44.7 Å². The summed E-state index contributed by atoms with van der Waals surface area (Å²) in [6.45, 7) is 4.37. The lowest BCUT2D eigenvalue weighted by Crippen LogP contribution is -2.50. The fourth-order valence-corrected chi connectivity index (χ4v) is 2.62. The number of hydrogen-bond acceptors (Lipinski definition) is 5. The van der Waals surface area contributed by atoms with Gasteiger partial charge in [0.05, 0.1) is 12.7 Å². The second kappa shape index (κ2) is 8.33. The molecule has 24 heavy (non-hydrogen) atoms. The summed E-state index contributed by atoms with van der Waals surface area (Å²) < 4.78 is 4.68. The second-order valence-corrected chi connectivity index (χ2v) is 5.64. The molecule has 1 aromatic rings. The van der Waals surface area contributed by atoms with Crippen LogP contribution in [0.5, 0.6) is 0 Å². The third-order valence-corrected chi connectivity index (χ3v) is 4.03. The van der Waals surface area contributed by atoms with Crippen LogP contribution in [0.1, 0.15) is 23.7 Å². The monoisotopic (exact) mass is 333 g/mol. The van der Waals surface area contributed by atoms with E-state index in [9.17, 15) is 14.4 Å². The standard InChI is InChI=1S/C17H23N3O4/c1-13(21)19-8-10-20(11-9-19)16(22)6-7-18-15-5-3-4-14(12-15)17(23)24-2/h3-5,12,18H,6-11H2,1-2H3. The van der Waals surface area contributed by atoms with Crippen LogP contribution >= 0.6 is 0 Å². The van der Waals surface area contributed by atoms with Crippen molar-refractivity contribution in [1.82, 2.24) is 9.80 Å². The van der Waals surface area contributed by atoms with Crippen molar-refractivity contribution >= 4 is 23.5 Å². The van der Waals surface area contributed by atoms with Crippen LogP contribution < -0.4 is 5.32 Å². The number of hydrogen-bond donors (Lipinski definition) is 1. The lowest BCUT2D eigenvalue weighted by molar-refractivity contribution is -0.138. The molecule has 0 aromatic heterocycles. The Morgan fingerprint density at radius 1 is 1.12 bits per heavy atom. The molecule has 7 heteroatoms. The van der Waals surface area contributed by atoms with Crippen molar-refractivity contribution in [2.24, 2.45) is 0 Å². The topological polar surface area (TPSA) is 79.0 Å². The van der Waals surface area contributed by atoms with Crippen LogP contribution in [0.2, 0.25) is 0 Å². The van der Waals surface area contributed by atoms with Crippen molar-refractivity contribution in [3.63, 3.8) is 0 Å². The van der Waals surface area contributed by atoms with Gasteiger partial charge in [0.2, 0.25) is 11.8 Å². The van der Waals surface area contributed by atoms with E-state index in [-0.39, 0.29) is 11.8 Å². The molecule has 0 unspecified atom stereocenters. The second-order valence-electron chi connectivity index (χ2n) is 5.64. The Morgan fingerprint density at radius 2 is 1.79 bits per heavy atom. The Balaban J connectivity index is 1.77. The van der Waals surface area contributed by atoms with Gasteiger partial charge < -0.3 is 19.9 Å². The molecule has 0 aliphatic carbocycles. The first-order valence-corrected chi connectivity index (χ1v) is 7.97. The Labute approximate surface area is 141 Å². The largest absolute Gasteiger partial charge is 0.465 e. The predicted octanol–water partition coefficient (Wildman–Crippen LogP) is 0.966. The lowest BCUT2D eigenvalue weighted by atomic mass is 10.2. The van der Waals surface area contributed by atoms with Crippen molar-refractivity contribution in [2.75, 3.05) is 45.2 Å². The molecule has 1 fully saturated rings. The maximum atomic E-state index is 12.2.